The first kappa shape index (κ1) is 20.1. The van der Waals surface area contributed by atoms with Crippen molar-refractivity contribution in [3.05, 3.63) is 52.0 Å². The quantitative estimate of drug-likeness (QED) is 0.285. The molecule has 3 aliphatic rings. The van der Waals surface area contributed by atoms with Crippen LogP contribution in [0.15, 0.2) is 40.9 Å². The Morgan fingerprint density at radius 1 is 1.17 bits per heavy atom. The average Bonchev–Trinajstić information content (AvgIpc) is 2.66. The first-order chi connectivity index (χ1) is 13.9. The Morgan fingerprint density at radius 2 is 1.80 bits per heavy atom. The number of amides is 1. The molecule has 0 spiro atoms. The van der Waals surface area contributed by atoms with E-state index in [0.29, 0.717) is 0 Å². The Morgan fingerprint density at radius 3 is 2.40 bits per heavy atom. The van der Waals surface area contributed by atoms with E-state index in [9.17, 15) is 39.9 Å². The smallest absolute Gasteiger partial charge is 0.255 e. The second kappa shape index (κ2) is 5.91. The lowest BCUT2D eigenvalue weighted by molar-refractivity contribution is -0.148. The Bertz CT molecular complexity index is 1100. The summed E-state index contributed by atoms with van der Waals surface area (Å²) in [6.07, 6.45) is -0.285. The lowest BCUT2D eigenvalue weighted by atomic mass is 9.55. The molecule has 1 amide bonds. The predicted molar refractivity (Wildman–Crippen MR) is 100 cm³/mol. The van der Waals surface area contributed by atoms with Crippen LogP contribution in [0.5, 0.6) is 5.75 Å². The number of hydrogen-bond acceptors (Lipinski definition) is 9. The van der Waals surface area contributed by atoms with Crippen LogP contribution in [-0.4, -0.2) is 54.6 Å². The zero-order chi connectivity index (χ0) is 22.3. The Balaban J connectivity index is 2.03. The summed E-state index contributed by atoms with van der Waals surface area (Å²) >= 11 is 0. The van der Waals surface area contributed by atoms with E-state index in [1.807, 2.05) is 0 Å². The van der Waals surface area contributed by atoms with E-state index >= 15 is 0 Å². The maximum atomic E-state index is 13.2. The van der Waals surface area contributed by atoms with E-state index in [0.717, 1.165) is 0 Å². The summed E-state index contributed by atoms with van der Waals surface area (Å²) in [5, 5.41) is 53.8. The average molecular weight is 416 g/mol. The number of Topliss-reactive ketones (excluding diaryl/α,β-unsaturated/α-hetero) is 2. The van der Waals surface area contributed by atoms with Crippen LogP contribution in [0.2, 0.25) is 0 Å². The molecule has 0 aliphatic heterocycles. The second-order valence-corrected chi connectivity index (χ2v) is 8.08. The molecule has 4 rings (SSSR count). The van der Waals surface area contributed by atoms with E-state index in [1.54, 1.807) is 0 Å². The van der Waals surface area contributed by atoms with Gasteiger partial charge in [0.25, 0.3) is 5.91 Å². The van der Waals surface area contributed by atoms with Crippen molar-refractivity contribution in [2.24, 2.45) is 23.3 Å². The molecule has 9 N–H and O–H groups in total. The van der Waals surface area contributed by atoms with E-state index in [1.165, 1.54) is 25.1 Å². The summed E-state index contributed by atoms with van der Waals surface area (Å²) < 4.78 is 0. The largest absolute Gasteiger partial charge is 0.510 e. The summed E-state index contributed by atoms with van der Waals surface area (Å²) in [4.78, 5) is 37.7. The van der Waals surface area contributed by atoms with Crippen molar-refractivity contribution in [2.75, 3.05) is 0 Å². The lowest BCUT2D eigenvalue weighted by Crippen LogP contribution is -2.64. The number of carbonyl (C=O) groups excluding carboxylic acids is 3. The van der Waals surface area contributed by atoms with Gasteiger partial charge in [-0.25, -0.2) is 0 Å². The number of carbonyl (C=O) groups is 3. The molecule has 0 heterocycles. The third kappa shape index (κ3) is 2.15. The second-order valence-electron chi connectivity index (χ2n) is 8.08. The maximum absolute atomic E-state index is 13.2. The van der Waals surface area contributed by atoms with Crippen molar-refractivity contribution in [2.45, 2.75) is 30.6 Å². The van der Waals surface area contributed by atoms with Gasteiger partial charge in [0.1, 0.15) is 22.8 Å². The number of ketones is 2. The van der Waals surface area contributed by atoms with E-state index in [2.05, 4.69) is 0 Å². The van der Waals surface area contributed by atoms with Gasteiger partial charge >= 0.3 is 0 Å². The Hall–Kier alpha value is -3.21. The molecule has 3 aliphatic carbocycles. The normalized spacial score (nSPS) is 35.7. The fourth-order valence-corrected chi connectivity index (χ4v) is 4.97. The summed E-state index contributed by atoms with van der Waals surface area (Å²) in [5.41, 5.74) is 4.89. The minimum absolute atomic E-state index is 0.104. The number of nitrogens with two attached hydrogens (primary N) is 2. The molecular weight excluding hydrogens is 396 g/mol. The molecule has 5 atom stereocenters. The van der Waals surface area contributed by atoms with Gasteiger partial charge in [-0.15, -0.1) is 0 Å². The van der Waals surface area contributed by atoms with Gasteiger partial charge in [0, 0.05) is 17.4 Å². The highest BCUT2D eigenvalue weighted by Gasteiger charge is 2.64. The van der Waals surface area contributed by atoms with Crippen LogP contribution < -0.4 is 11.5 Å². The van der Waals surface area contributed by atoms with Gasteiger partial charge in [-0.1, -0.05) is 12.1 Å². The molecule has 1 aromatic carbocycles. The van der Waals surface area contributed by atoms with E-state index in [4.69, 9.17) is 11.5 Å². The Labute approximate surface area is 169 Å². The zero-order valence-electron chi connectivity index (χ0n) is 15.8. The highest BCUT2D eigenvalue weighted by Crippen LogP contribution is 2.55. The minimum atomic E-state index is -2.81. The van der Waals surface area contributed by atoms with Gasteiger partial charge in [0.2, 0.25) is 5.78 Å². The number of benzene rings is 1. The number of fused-ring (bicyclic) bond motifs is 3. The number of aliphatic hydroxyl groups excluding tert-OH is 2. The van der Waals surface area contributed by atoms with Gasteiger partial charge in [-0.3, -0.25) is 14.4 Å². The number of rotatable bonds is 1. The molecule has 10 nitrogen and oxygen atoms in total. The van der Waals surface area contributed by atoms with Crippen molar-refractivity contribution in [1.29, 1.82) is 0 Å². The molecule has 0 radical (unpaired) electrons. The van der Waals surface area contributed by atoms with E-state index < -0.39 is 75.0 Å². The Kier molecular flexibility index (Phi) is 3.95. The summed E-state index contributed by atoms with van der Waals surface area (Å²) in [6, 6.07) is 2.62. The molecule has 1 aromatic rings. The summed E-state index contributed by atoms with van der Waals surface area (Å²) in [5.74, 6) is -8.49. The molecular formula is C20H20N2O8. The summed E-state index contributed by atoms with van der Waals surface area (Å²) in [6.45, 7) is 1.36. The number of phenolic OH excluding ortho intramolecular Hbond substituents is 1. The predicted octanol–water partition coefficient (Wildman–Crippen LogP) is -0.817. The standard InChI is InChI=1S/C20H20N2O8/c1-19(29)6-3-2-4-9(23)10(6)14(24)11-7(19)5-8-13(21)15(25)12(18(22)28)17(27)20(8,30)16(11)26/h2-4,7-8,13,23,25-26,29-30H,5,21H2,1H3,(H2,22,28). The van der Waals surface area contributed by atoms with Gasteiger partial charge in [-0.2, -0.15) is 0 Å². The van der Waals surface area contributed by atoms with Crippen LogP contribution in [0.1, 0.15) is 29.3 Å². The summed E-state index contributed by atoms with van der Waals surface area (Å²) in [7, 11) is 0. The third-order valence-corrected chi connectivity index (χ3v) is 6.55. The van der Waals surface area contributed by atoms with Crippen LogP contribution in [0.4, 0.5) is 0 Å². The number of aliphatic hydroxyl groups is 4. The first-order valence-electron chi connectivity index (χ1n) is 9.15. The molecule has 10 heteroatoms. The SMILES string of the molecule is CC1(O)c2cccc(O)c2C(=O)C2=C(O)C3(O)C(=O)C(C(N)=O)=C(O)C(N)C3CC21. The lowest BCUT2D eigenvalue weighted by Gasteiger charge is -2.51. The molecule has 30 heavy (non-hydrogen) atoms. The molecule has 5 unspecified atom stereocenters. The fourth-order valence-electron chi connectivity index (χ4n) is 4.97. The highest BCUT2D eigenvalue weighted by molar-refractivity contribution is 6.24. The van der Waals surface area contributed by atoms with Crippen LogP contribution >= 0.6 is 0 Å². The van der Waals surface area contributed by atoms with Crippen LogP contribution in [-0.2, 0) is 15.2 Å². The topological polar surface area (TPSA) is 204 Å². The van der Waals surface area contributed by atoms with E-state index in [-0.39, 0.29) is 17.5 Å². The number of hydrogen-bond donors (Lipinski definition) is 7. The van der Waals surface area contributed by atoms with Gasteiger partial charge in [-0.05, 0) is 25.0 Å². The molecule has 0 saturated heterocycles. The minimum Gasteiger partial charge on any atom is -0.510 e. The highest BCUT2D eigenvalue weighted by atomic mass is 16.3. The molecule has 0 fully saturated rings. The molecule has 0 aromatic heterocycles. The van der Waals surface area contributed by atoms with Crippen molar-refractivity contribution >= 4 is 17.5 Å². The maximum Gasteiger partial charge on any atom is 0.255 e. The monoisotopic (exact) mass is 416 g/mol. The fraction of sp³-hybridized carbons (Fsp3) is 0.350. The van der Waals surface area contributed by atoms with Gasteiger partial charge in [0.05, 0.1) is 17.2 Å². The van der Waals surface area contributed by atoms with Crippen LogP contribution in [0.3, 0.4) is 0 Å². The number of phenols is 1. The number of aromatic hydroxyl groups is 1. The van der Waals surface area contributed by atoms with Gasteiger partial charge in [0.15, 0.2) is 11.4 Å². The van der Waals surface area contributed by atoms with Crippen LogP contribution in [0.25, 0.3) is 0 Å². The first-order valence-corrected chi connectivity index (χ1v) is 9.15. The zero-order valence-corrected chi connectivity index (χ0v) is 15.8. The van der Waals surface area contributed by atoms with Crippen molar-refractivity contribution in [1.82, 2.24) is 0 Å². The molecule has 0 saturated carbocycles. The van der Waals surface area contributed by atoms with Crippen molar-refractivity contribution in [3.63, 3.8) is 0 Å². The molecule has 0 bridgehead atoms. The molecule has 158 valence electrons. The van der Waals surface area contributed by atoms with Crippen molar-refractivity contribution in [3.8, 4) is 5.75 Å². The van der Waals surface area contributed by atoms with Crippen molar-refractivity contribution < 1.29 is 39.9 Å². The van der Waals surface area contributed by atoms with Crippen LogP contribution in [0, 0.1) is 11.8 Å². The van der Waals surface area contributed by atoms with Gasteiger partial charge < -0.3 is 37.0 Å². The number of primary amides is 1. The third-order valence-electron chi connectivity index (χ3n) is 6.55.